The Morgan fingerprint density at radius 3 is 3.06 bits per heavy atom. The molecule has 82 valence electrons. The lowest BCUT2D eigenvalue weighted by molar-refractivity contribution is -0.116. The van der Waals surface area contributed by atoms with E-state index in [0.717, 1.165) is 12.1 Å². The summed E-state index contributed by atoms with van der Waals surface area (Å²) in [6.45, 7) is 2.03. The molecule has 1 aliphatic rings. The highest BCUT2D eigenvalue weighted by Crippen LogP contribution is 2.29. The zero-order valence-corrected chi connectivity index (χ0v) is 9.08. The van der Waals surface area contributed by atoms with Gasteiger partial charge >= 0.3 is 0 Å². The molecule has 4 nitrogen and oxygen atoms in total. The molecule has 1 aromatic carbocycles. The first-order valence-electron chi connectivity index (χ1n) is 5.34. The van der Waals surface area contributed by atoms with E-state index in [1.54, 1.807) is 6.07 Å². The number of para-hydroxylation sites is 1. The molecule has 2 rings (SSSR count). The van der Waals surface area contributed by atoms with Crippen LogP contribution in [0.1, 0.15) is 25.3 Å². The van der Waals surface area contributed by atoms with Gasteiger partial charge in [-0.1, -0.05) is 13.0 Å². The van der Waals surface area contributed by atoms with Crippen LogP contribution in [0.5, 0.6) is 0 Å². The molecule has 1 aliphatic heterocycles. The third-order valence-corrected chi connectivity index (χ3v) is 2.73. The number of rotatable bonds is 1. The predicted molar refractivity (Wildman–Crippen MR) is 62.1 cm³/mol. The SMILES string of the molecule is CCC1CC(=O)Nc2c(C#N)cccc2N1. The van der Waals surface area contributed by atoms with Crippen LogP contribution in [0, 0.1) is 11.3 Å². The van der Waals surface area contributed by atoms with Crippen molar-refractivity contribution in [2.45, 2.75) is 25.8 Å². The predicted octanol–water partition coefficient (Wildman–Crippen LogP) is 2.09. The maximum Gasteiger partial charge on any atom is 0.226 e. The maximum absolute atomic E-state index is 11.6. The van der Waals surface area contributed by atoms with Crippen molar-refractivity contribution < 1.29 is 4.79 Å². The van der Waals surface area contributed by atoms with Crippen molar-refractivity contribution in [1.82, 2.24) is 0 Å². The number of hydrogen-bond donors (Lipinski definition) is 2. The van der Waals surface area contributed by atoms with E-state index >= 15 is 0 Å². The number of carbonyl (C=O) groups is 1. The minimum atomic E-state index is -0.0409. The Labute approximate surface area is 94.3 Å². The topological polar surface area (TPSA) is 64.9 Å². The van der Waals surface area contributed by atoms with Gasteiger partial charge in [0, 0.05) is 12.5 Å². The van der Waals surface area contributed by atoms with E-state index in [2.05, 4.69) is 16.7 Å². The smallest absolute Gasteiger partial charge is 0.226 e. The first kappa shape index (κ1) is 10.5. The van der Waals surface area contributed by atoms with Crippen LogP contribution < -0.4 is 10.6 Å². The zero-order chi connectivity index (χ0) is 11.5. The van der Waals surface area contributed by atoms with Gasteiger partial charge in [-0.05, 0) is 18.6 Å². The van der Waals surface area contributed by atoms with Crippen LogP contribution in [0.15, 0.2) is 18.2 Å². The number of carbonyl (C=O) groups excluding carboxylic acids is 1. The number of hydrogen-bond acceptors (Lipinski definition) is 3. The van der Waals surface area contributed by atoms with Crippen LogP contribution in [0.3, 0.4) is 0 Å². The number of fused-ring (bicyclic) bond motifs is 1. The lowest BCUT2D eigenvalue weighted by Crippen LogP contribution is -2.21. The summed E-state index contributed by atoms with van der Waals surface area (Å²) >= 11 is 0. The average Bonchev–Trinajstić information content (AvgIpc) is 2.46. The van der Waals surface area contributed by atoms with E-state index in [1.165, 1.54) is 0 Å². The fourth-order valence-electron chi connectivity index (χ4n) is 1.83. The molecule has 0 radical (unpaired) electrons. The van der Waals surface area contributed by atoms with Crippen molar-refractivity contribution >= 4 is 17.3 Å². The van der Waals surface area contributed by atoms with Gasteiger partial charge in [-0.2, -0.15) is 5.26 Å². The average molecular weight is 215 g/mol. The standard InChI is InChI=1S/C12H13N3O/c1-2-9-6-11(16)15-12-8(7-13)4-3-5-10(12)14-9/h3-5,9,14H,2,6H2,1H3,(H,15,16). The minimum Gasteiger partial charge on any atom is -0.380 e. The van der Waals surface area contributed by atoms with Gasteiger partial charge in [0.15, 0.2) is 0 Å². The largest absolute Gasteiger partial charge is 0.380 e. The van der Waals surface area contributed by atoms with Crippen LogP contribution in [0.2, 0.25) is 0 Å². The quantitative estimate of drug-likeness (QED) is 0.753. The lowest BCUT2D eigenvalue weighted by atomic mass is 10.1. The molecule has 0 aromatic heterocycles. The summed E-state index contributed by atoms with van der Waals surface area (Å²) in [5, 5.41) is 15.0. The Kier molecular flexibility index (Phi) is 2.78. The zero-order valence-electron chi connectivity index (χ0n) is 9.08. The van der Waals surface area contributed by atoms with Gasteiger partial charge in [-0.25, -0.2) is 0 Å². The fourth-order valence-corrected chi connectivity index (χ4v) is 1.83. The molecule has 16 heavy (non-hydrogen) atoms. The summed E-state index contributed by atoms with van der Waals surface area (Å²) in [6.07, 6.45) is 1.32. The Bertz CT molecular complexity index is 462. The van der Waals surface area contributed by atoms with E-state index in [1.807, 2.05) is 19.1 Å². The molecule has 0 bridgehead atoms. The molecule has 0 fully saturated rings. The fraction of sp³-hybridized carbons (Fsp3) is 0.333. The number of nitriles is 1. The molecule has 0 aliphatic carbocycles. The Morgan fingerprint density at radius 1 is 1.56 bits per heavy atom. The van der Waals surface area contributed by atoms with Gasteiger partial charge in [0.05, 0.1) is 16.9 Å². The normalized spacial score (nSPS) is 18.8. The highest BCUT2D eigenvalue weighted by molar-refractivity contribution is 5.98. The van der Waals surface area contributed by atoms with Gasteiger partial charge in [0.2, 0.25) is 5.91 Å². The van der Waals surface area contributed by atoms with Gasteiger partial charge < -0.3 is 10.6 Å². The first-order valence-corrected chi connectivity index (χ1v) is 5.34. The van der Waals surface area contributed by atoms with E-state index < -0.39 is 0 Å². The van der Waals surface area contributed by atoms with Crippen molar-refractivity contribution in [2.24, 2.45) is 0 Å². The molecule has 0 spiro atoms. The molecule has 1 atom stereocenters. The van der Waals surface area contributed by atoms with Crippen LogP contribution in [0.4, 0.5) is 11.4 Å². The van der Waals surface area contributed by atoms with Crippen molar-refractivity contribution in [3.63, 3.8) is 0 Å². The van der Waals surface area contributed by atoms with Crippen molar-refractivity contribution in [1.29, 1.82) is 5.26 Å². The van der Waals surface area contributed by atoms with Gasteiger partial charge in [0.1, 0.15) is 6.07 Å². The highest BCUT2D eigenvalue weighted by Gasteiger charge is 2.20. The minimum absolute atomic E-state index is 0.0409. The molecule has 1 unspecified atom stereocenters. The third kappa shape index (κ3) is 1.84. The molecular formula is C12H13N3O. The van der Waals surface area contributed by atoms with Crippen molar-refractivity contribution in [3.05, 3.63) is 23.8 Å². The lowest BCUT2D eigenvalue weighted by Gasteiger charge is -2.14. The monoisotopic (exact) mass is 215 g/mol. The Balaban J connectivity index is 2.46. The van der Waals surface area contributed by atoms with Crippen molar-refractivity contribution in [3.8, 4) is 6.07 Å². The number of nitrogens with one attached hydrogen (secondary N) is 2. The summed E-state index contributed by atoms with van der Waals surface area (Å²) in [5.41, 5.74) is 1.93. The van der Waals surface area contributed by atoms with Crippen LogP contribution in [-0.2, 0) is 4.79 Å². The summed E-state index contributed by atoms with van der Waals surface area (Å²) in [5.74, 6) is -0.0409. The number of amides is 1. The van der Waals surface area contributed by atoms with Crippen molar-refractivity contribution in [2.75, 3.05) is 10.6 Å². The first-order chi connectivity index (χ1) is 7.74. The molecule has 0 saturated carbocycles. The molecule has 1 heterocycles. The van der Waals surface area contributed by atoms with Gasteiger partial charge in [-0.3, -0.25) is 4.79 Å². The van der Waals surface area contributed by atoms with E-state index in [4.69, 9.17) is 5.26 Å². The van der Waals surface area contributed by atoms with Crippen LogP contribution in [-0.4, -0.2) is 11.9 Å². The summed E-state index contributed by atoms with van der Waals surface area (Å²) in [6, 6.07) is 7.61. The number of nitrogens with zero attached hydrogens (tertiary/aromatic N) is 1. The Morgan fingerprint density at radius 2 is 2.38 bits per heavy atom. The molecule has 4 heteroatoms. The Hall–Kier alpha value is -2.02. The second kappa shape index (κ2) is 4.23. The second-order valence-corrected chi connectivity index (χ2v) is 3.84. The van der Waals surface area contributed by atoms with E-state index in [9.17, 15) is 4.79 Å². The number of benzene rings is 1. The molecule has 1 aromatic rings. The van der Waals surface area contributed by atoms with E-state index in [-0.39, 0.29) is 11.9 Å². The summed E-state index contributed by atoms with van der Waals surface area (Å²) in [4.78, 5) is 11.6. The van der Waals surface area contributed by atoms with E-state index in [0.29, 0.717) is 17.7 Å². The third-order valence-electron chi connectivity index (χ3n) is 2.73. The molecule has 0 saturated heterocycles. The van der Waals surface area contributed by atoms with Crippen LogP contribution >= 0.6 is 0 Å². The number of anilines is 2. The maximum atomic E-state index is 11.6. The molecular weight excluding hydrogens is 202 g/mol. The summed E-state index contributed by atoms with van der Waals surface area (Å²) in [7, 11) is 0. The van der Waals surface area contributed by atoms with Crippen LogP contribution in [0.25, 0.3) is 0 Å². The molecule has 1 amide bonds. The highest BCUT2D eigenvalue weighted by atomic mass is 16.1. The van der Waals surface area contributed by atoms with Gasteiger partial charge in [-0.15, -0.1) is 0 Å². The summed E-state index contributed by atoms with van der Waals surface area (Å²) < 4.78 is 0. The second-order valence-electron chi connectivity index (χ2n) is 3.84. The molecule has 2 N–H and O–H groups in total. The van der Waals surface area contributed by atoms with Gasteiger partial charge in [0.25, 0.3) is 0 Å².